The summed E-state index contributed by atoms with van der Waals surface area (Å²) in [6.07, 6.45) is 2.80. The highest BCUT2D eigenvalue weighted by Crippen LogP contribution is 2.36. The highest BCUT2D eigenvalue weighted by Gasteiger charge is 2.34. The summed E-state index contributed by atoms with van der Waals surface area (Å²) < 4.78 is 5.50. The number of piperazine rings is 1. The van der Waals surface area contributed by atoms with Crippen LogP contribution in [0.1, 0.15) is 18.4 Å². The third-order valence-electron chi connectivity index (χ3n) is 4.07. The fourth-order valence-electron chi connectivity index (χ4n) is 2.86. The SMILES string of the molecule is COc1ccc(C)cc1N1CCNC(C2CC2)C1. The maximum absolute atomic E-state index is 5.50. The van der Waals surface area contributed by atoms with E-state index in [0.717, 1.165) is 31.3 Å². The van der Waals surface area contributed by atoms with E-state index in [4.69, 9.17) is 4.74 Å². The monoisotopic (exact) mass is 246 g/mol. The molecule has 0 bridgehead atoms. The molecule has 3 rings (SSSR count). The van der Waals surface area contributed by atoms with E-state index in [0.29, 0.717) is 6.04 Å². The number of aryl methyl sites for hydroxylation is 1. The van der Waals surface area contributed by atoms with Crippen molar-refractivity contribution in [1.29, 1.82) is 0 Å². The van der Waals surface area contributed by atoms with Gasteiger partial charge in [0.05, 0.1) is 12.8 Å². The topological polar surface area (TPSA) is 24.5 Å². The molecule has 0 amide bonds. The number of hydrogen-bond acceptors (Lipinski definition) is 3. The zero-order valence-electron chi connectivity index (χ0n) is 11.3. The van der Waals surface area contributed by atoms with Crippen LogP contribution in [0.25, 0.3) is 0 Å². The van der Waals surface area contributed by atoms with Gasteiger partial charge in [-0.3, -0.25) is 0 Å². The molecule has 1 unspecified atom stereocenters. The van der Waals surface area contributed by atoms with E-state index in [-0.39, 0.29) is 0 Å². The minimum Gasteiger partial charge on any atom is -0.495 e. The van der Waals surface area contributed by atoms with Crippen molar-refractivity contribution in [3.8, 4) is 5.75 Å². The lowest BCUT2D eigenvalue weighted by atomic mass is 10.1. The summed E-state index contributed by atoms with van der Waals surface area (Å²) in [7, 11) is 1.76. The van der Waals surface area contributed by atoms with E-state index in [1.807, 2.05) is 0 Å². The molecule has 1 aromatic carbocycles. The maximum Gasteiger partial charge on any atom is 0.142 e. The molecule has 1 heterocycles. The predicted molar refractivity (Wildman–Crippen MR) is 74.5 cm³/mol. The molecule has 98 valence electrons. The first-order valence-corrected chi connectivity index (χ1v) is 6.91. The third-order valence-corrected chi connectivity index (χ3v) is 4.07. The first-order chi connectivity index (χ1) is 8.78. The number of hydrogen-bond donors (Lipinski definition) is 1. The summed E-state index contributed by atoms with van der Waals surface area (Å²) in [6, 6.07) is 7.11. The molecular weight excluding hydrogens is 224 g/mol. The van der Waals surface area contributed by atoms with Crippen LogP contribution < -0.4 is 15.0 Å². The predicted octanol–water partition coefficient (Wildman–Crippen LogP) is 2.19. The molecule has 1 aromatic rings. The highest BCUT2D eigenvalue weighted by molar-refractivity contribution is 5.60. The zero-order chi connectivity index (χ0) is 12.5. The first-order valence-electron chi connectivity index (χ1n) is 6.91. The highest BCUT2D eigenvalue weighted by atomic mass is 16.5. The molecule has 1 aliphatic carbocycles. The van der Waals surface area contributed by atoms with Gasteiger partial charge >= 0.3 is 0 Å². The Morgan fingerprint density at radius 1 is 1.33 bits per heavy atom. The minimum absolute atomic E-state index is 0.670. The van der Waals surface area contributed by atoms with Gasteiger partial charge in [-0.25, -0.2) is 0 Å². The molecule has 1 atom stereocenters. The van der Waals surface area contributed by atoms with Crippen molar-refractivity contribution in [2.45, 2.75) is 25.8 Å². The lowest BCUT2D eigenvalue weighted by Crippen LogP contribution is -2.51. The summed E-state index contributed by atoms with van der Waals surface area (Å²) in [4.78, 5) is 2.48. The van der Waals surface area contributed by atoms with Gasteiger partial charge in [-0.1, -0.05) is 6.07 Å². The van der Waals surface area contributed by atoms with Gasteiger partial charge < -0.3 is 15.0 Å². The number of anilines is 1. The van der Waals surface area contributed by atoms with Crippen LogP contribution in [0.5, 0.6) is 5.75 Å². The van der Waals surface area contributed by atoms with Gasteiger partial charge in [-0.15, -0.1) is 0 Å². The Labute approximate surface area is 109 Å². The van der Waals surface area contributed by atoms with E-state index in [1.54, 1.807) is 7.11 Å². The molecule has 3 nitrogen and oxygen atoms in total. The molecule has 2 aliphatic rings. The van der Waals surface area contributed by atoms with Crippen molar-refractivity contribution in [2.75, 3.05) is 31.6 Å². The number of ether oxygens (including phenoxy) is 1. The van der Waals surface area contributed by atoms with E-state index >= 15 is 0 Å². The third kappa shape index (κ3) is 2.32. The molecule has 1 saturated heterocycles. The van der Waals surface area contributed by atoms with Gasteiger partial charge in [0, 0.05) is 25.7 Å². The second-order valence-electron chi connectivity index (χ2n) is 5.52. The van der Waals surface area contributed by atoms with Gasteiger partial charge in [-0.2, -0.15) is 0 Å². The molecule has 0 aromatic heterocycles. The van der Waals surface area contributed by atoms with E-state index in [2.05, 4.69) is 35.3 Å². The number of nitrogens with zero attached hydrogens (tertiary/aromatic N) is 1. The minimum atomic E-state index is 0.670. The lowest BCUT2D eigenvalue weighted by Gasteiger charge is -2.36. The molecule has 3 heteroatoms. The maximum atomic E-state index is 5.50. The number of rotatable bonds is 3. The van der Waals surface area contributed by atoms with Crippen LogP contribution in [0, 0.1) is 12.8 Å². The summed E-state index contributed by atoms with van der Waals surface area (Å²) in [6.45, 7) is 5.41. The van der Waals surface area contributed by atoms with E-state index in [1.165, 1.54) is 24.1 Å². The van der Waals surface area contributed by atoms with Crippen LogP contribution in [0.2, 0.25) is 0 Å². The molecule has 0 spiro atoms. The Bertz CT molecular complexity index is 429. The number of benzene rings is 1. The molecular formula is C15H22N2O. The van der Waals surface area contributed by atoms with Gasteiger partial charge in [0.25, 0.3) is 0 Å². The average Bonchev–Trinajstić information content (AvgIpc) is 3.23. The summed E-state index contributed by atoms with van der Waals surface area (Å²) in [5.41, 5.74) is 2.55. The van der Waals surface area contributed by atoms with Crippen LogP contribution in [0.15, 0.2) is 18.2 Å². The summed E-state index contributed by atoms with van der Waals surface area (Å²) >= 11 is 0. The van der Waals surface area contributed by atoms with Gasteiger partial charge in [0.15, 0.2) is 0 Å². The van der Waals surface area contributed by atoms with Crippen molar-refractivity contribution < 1.29 is 4.74 Å². The van der Waals surface area contributed by atoms with Crippen molar-refractivity contribution in [2.24, 2.45) is 5.92 Å². The average molecular weight is 246 g/mol. The van der Waals surface area contributed by atoms with Gasteiger partial charge in [0.1, 0.15) is 5.75 Å². The van der Waals surface area contributed by atoms with Crippen LogP contribution in [-0.4, -0.2) is 32.8 Å². The van der Waals surface area contributed by atoms with Crippen molar-refractivity contribution in [3.05, 3.63) is 23.8 Å². The fraction of sp³-hybridized carbons (Fsp3) is 0.600. The van der Waals surface area contributed by atoms with Crippen LogP contribution >= 0.6 is 0 Å². The second-order valence-corrected chi connectivity index (χ2v) is 5.52. The largest absolute Gasteiger partial charge is 0.495 e. The summed E-state index contributed by atoms with van der Waals surface area (Å²) in [5, 5.41) is 3.65. The van der Waals surface area contributed by atoms with Crippen molar-refractivity contribution >= 4 is 5.69 Å². The summed E-state index contributed by atoms with van der Waals surface area (Å²) in [5.74, 6) is 1.90. The molecule has 1 aliphatic heterocycles. The standard InChI is InChI=1S/C15H22N2O/c1-11-3-6-15(18-2)14(9-11)17-8-7-16-13(10-17)12-4-5-12/h3,6,9,12-13,16H,4-5,7-8,10H2,1-2H3. The Morgan fingerprint density at radius 3 is 2.89 bits per heavy atom. The van der Waals surface area contributed by atoms with Crippen molar-refractivity contribution in [1.82, 2.24) is 5.32 Å². The van der Waals surface area contributed by atoms with Crippen LogP contribution in [0.3, 0.4) is 0 Å². The lowest BCUT2D eigenvalue weighted by molar-refractivity contribution is 0.398. The zero-order valence-corrected chi connectivity index (χ0v) is 11.3. The van der Waals surface area contributed by atoms with Crippen LogP contribution in [0.4, 0.5) is 5.69 Å². The number of methoxy groups -OCH3 is 1. The first kappa shape index (κ1) is 11.8. The van der Waals surface area contributed by atoms with E-state index < -0.39 is 0 Å². The second kappa shape index (κ2) is 4.81. The quantitative estimate of drug-likeness (QED) is 0.885. The van der Waals surface area contributed by atoms with Crippen molar-refractivity contribution in [3.63, 3.8) is 0 Å². The Balaban J connectivity index is 1.81. The molecule has 1 saturated carbocycles. The Kier molecular flexibility index (Phi) is 3.16. The van der Waals surface area contributed by atoms with Crippen LogP contribution in [-0.2, 0) is 0 Å². The molecule has 0 radical (unpaired) electrons. The van der Waals surface area contributed by atoms with Gasteiger partial charge in [0.2, 0.25) is 0 Å². The molecule has 1 N–H and O–H groups in total. The fourth-order valence-corrected chi connectivity index (χ4v) is 2.86. The Morgan fingerprint density at radius 2 is 2.17 bits per heavy atom. The van der Waals surface area contributed by atoms with E-state index in [9.17, 15) is 0 Å². The Hall–Kier alpha value is -1.22. The smallest absolute Gasteiger partial charge is 0.142 e. The number of nitrogens with one attached hydrogen (secondary N) is 1. The molecule has 18 heavy (non-hydrogen) atoms. The molecule has 2 fully saturated rings. The van der Waals surface area contributed by atoms with Gasteiger partial charge in [-0.05, 0) is 43.4 Å². The normalized spacial score (nSPS) is 24.1.